The van der Waals surface area contributed by atoms with Gasteiger partial charge in [-0.1, -0.05) is 6.07 Å². The number of aromatic nitrogens is 2. The molecule has 1 aromatic heterocycles. The summed E-state index contributed by atoms with van der Waals surface area (Å²) < 4.78 is 5.64. The summed E-state index contributed by atoms with van der Waals surface area (Å²) in [5.74, 6) is -0.991. The lowest BCUT2D eigenvalue weighted by Crippen LogP contribution is -2.46. The van der Waals surface area contributed by atoms with E-state index in [4.69, 9.17) is 10.5 Å². The van der Waals surface area contributed by atoms with E-state index in [1.54, 1.807) is 30.5 Å². The summed E-state index contributed by atoms with van der Waals surface area (Å²) in [5, 5.41) is 11.7. The highest BCUT2D eigenvalue weighted by Gasteiger charge is 2.33. The summed E-state index contributed by atoms with van der Waals surface area (Å²) in [6.45, 7) is 3.81. The maximum absolute atomic E-state index is 12.3. The van der Waals surface area contributed by atoms with Gasteiger partial charge in [0.25, 0.3) is 5.91 Å². The Kier molecular flexibility index (Phi) is 8.80. The number of carbonyl (C=O) groups is 4. The number of primary amides is 1. The average Bonchev–Trinajstić information content (AvgIpc) is 3.27. The number of carbonyl (C=O) groups excluding carboxylic acids is 4. The van der Waals surface area contributed by atoms with E-state index >= 15 is 0 Å². The number of ether oxygens (including phenoxy) is 1. The molecule has 1 fully saturated rings. The molecule has 0 spiro atoms. The second-order valence-electron chi connectivity index (χ2n) is 8.63. The minimum absolute atomic E-state index is 0.235. The third kappa shape index (κ3) is 7.13. The predicted octanol–water partition coefficient (Wildman–Crippen LogP) is 2.06. The number of esters is 1. The van der Waals surface area contributed by atoms with Crippen LogP contribution in [-0.4, -0.2) is 52.9 Å². The minimum atomic E-state index is -1.27. The Balaban J connectivity index is 1.52. The van der Waals surface area contributed by atoms with E-state index in [1.807, 2.05) is 0 Å². The van der Waals surface area contributed by atoms with Crippen LogP contribution in [0, 0.1) is 5.41 Å². The van der Waals surface area contributed by atoms with Gasteiger partial charge in [-0.2, -0.15) is 4.98 Å². The molecule has 0 aliphatic carbocycles. The molecule has 36 heavy (non-hydrogen) atoms. The first kappa shape index (κ1) is 26.9. The number of hydrogen-bond acceptors (Lipinski definition) is 9. The molecule has 0 saturated carbocycles. The molecule has 6 N–H and O–H groups in total. The zero-order valence-electron chi connectivity index (χ0n) is 19.9. The third-order valence-corrected chi connectivity index (χ3v) is 6.00. The molecule has 1 aliphatic heterocycles. The number of hydrogen-bond donors (Lipinski definition) is 5. The Bertz CT molecular complexity index is 1160. The Labute approximate surface area is 216 Å². The molecular formula is C23H28BrN7O5. The number of amides is 3. The van der Waals surface area contributed by atoms with Crippen LogP contribution in [0.25, 0.3) is 0 Å². The zero-order valence-corrected chi connectivity index (χ0v) is 21.5. The van der Waals surface area contributed by atoms with Crippen molar-refractivity contribution in [2.75, 3.05) is 29.0 Å². The first-order valence-corrected chi connectivity index (χ1v) is 12.1. The second kappa shape index (κ2) is 11.8. The Morgan fingerprint density at radius 2 is 1.97 bits per heavy atom. The van der Waals surface area contributed by atoms with E-state index in [-0.39, 0.29) is 18.3 Å². The van der Waals surface area contributed by atoms with Crippen molar-refractivity contribution in [2.45, 2.75) is 39.2 Å². The van der Waals surface area contributed by atoms with Crippen molar-refractivity contribution in [1.29, 1.82) is 0 Å². The first-order valence-electron chi connectivity index (χ1n) is 11.3. The predicted molar refractivity (Wildman–Crippen MR) is 136 cm³/mol. The number of anilines is 4. The number of cyclic esters (lactones) is 1. The SMILES string of the molecule is CC(C)(C(N)=O)C(=O)NCCCNc1nc(Nc2cccc(NC(=O)[C@H]3CCC(=O)O3)c2)ncc1Br. The van der Waals surface area contributed by atoms with Crippen molar-refractivity contribution in [3.8, 4) is 0 Å². The molecule has 12 nitrogen and oxygen atoms in total. The smallest absolute Gasteiger partial charge is 0.306 e. The number of nitrogens with one attached hydrogen (secondary N) is 4. The van der Waals surface area contributed by atoms with Crippen LogP contribution in [0.2, 0.25) is 0 Å². The van der Waals surface area contributed by atoms with Gasteiger partial charge in [-0.05, 0) is 54.4 Å². The molecule has 0 radical (unpaired) electrons. The quantitative estimate of drug-likeness (QED) is 0.156. The van der Waals surface area contributed by atoms with Gasteiger partial charge in [-0.25, -0.2) is 4.98 Å². The van der Waals surface area contributed by atoms with Crippen LogP contribution in [0.4, 0.5) is 23.1 Å². The molecule has 3 amide bonds. The molecule has 0 unspecified atom stereocenters. The molecule has 1 saturated heterocycles. The number of nitrogens with zero attached hydrogens (tertiary/aromatic N) is 2. The van der Waals surface area contributed by atoms with Crippen LogP contribution in [0.3, 0.4) is 0 Å². The van der Waals surface area contributed by atoms with Gasteiger partial charge < -0.3 is 31.7 Å². The van der Waals surface area contributed by atoms with Crippen LogP contribution in [0.1, 0.15) is 33.1 Å². The van der Waals surface area contributed by atoms with Crippen LogP contribution in [0.15, 0.2) is 34.9 Å². The molecule has 1 aromatic carbocycles. The molecule has 0 bridgehead atoms. The van der Waals surface area contributed by atoms with E-state index in [0.29, 0.717) is 53.5 Å². The molecule has 2 aromatic rings. The molecule has 3 rings (SSSR count). The van der Waals surface area contributed by atoms with Gasteiger partial charge in [0.1, 0.15) is 11.2 Å². The summed E-state index contributed by atoms with van der Waals surface area (Å²) >= 11 is 3.41. The summed E-state index contributed by atoms with van der Waals surface area (Å²) in [5.41, 5.74) is 5.16. The van der Waals surface area contributed by atoms with E-state index < -0.39 is 23.3 Å². The van der Waals surface area contributed by atoms with E-state index in [2.05, 4.69) is 47.2 Å². The maximum atomic E-state index is 12.3. The van der Waals surface area contributed by atoms with Crippen LogP contribution in [0.5, 0.6) is 0 Å². The molecule has 192 valence electrons. The summed E-state index contributed by atoms with van der Waals surface area (Å²) in [6.07, 6.45) is 2.00. The average molecular weight is 562 g/mol. The monoisotopic (exact) mass is 561 g/mol. The van der Waals surface area contributed by atoms with Gasteiger partial charge in [0.2, 0.25) is 17.8 Å². The van der Waals surface area contributed by atoms with Gasteiger partial charge in [0.05, 0.1) is 4.47 Å². The third-order valence-electron chi connectivity index (χ3n) is 5.42. The normalized spacial score (nSPS) is 15.1. The van der Waals surface area contributed by atoms with Crippen LogP contribution >= 0.6 is 15.9 Å². The number of halogens is 1. The fraction of sp³-hybridized carbons (Fsp3) is 0.391. The first-order chi connectivity index (χ1) is 17.1. The molecular weight excluding hydrogens is 534 g/mol. The fourth-order valence-corrected chi connectivity index (χ4v) is 3.45. The van der Waals surface area contributed by atoms with E-state index in [9.17, 15) is 19.2 Å². The minimum Gasteiger partial charge on any atom is -0.452 e. The maximum Gasteiger partial charge on any atom is 0.306 e. The van der Waals surface area contributed by atoms with Gasteiger partial charge in [0, 0.05) is 43.5 Å². The molecule has 2 heterocycles. The van der Waals surface area contributed by atoms with Gasteiger partial charge >= 0.3 is 5.97 Å². The van der Waals surface area contributed by atoms with Crippen molar-refractivity contribution in [3.63, 3.8) is 0 Å². The lowest BCUT2D eigenvalue weighted by Gasteiger charge is -2.19. The van der Waals surface area contributed by atoms with Crippen molar-refractivity contribution in [1.82, 2.24) is 15.3 Å². The van der Waals surface area contributed by atoms with Crippen molar-refractivity contribution < 1.29 is 23.9 Å². The lowest BCUT2D eigenvalue weighted by molar-refractivity contribution is -0.146. The van der Waals surface area contributed by atoms with Crippen LogP contribution in [-0.2, 0) is 23.9 Å². The summed E-state index contributed by atoms with van der Waals surface area (Å²) in [7, 11) is 0. The Morgan fingerprint density at radius 1 is 1.22 bits per heavy atom. The largest absolute Gasteiger partial charge is 0.452 e. The van der Waals surface area contributed by atoms with Crippen LogP contribution < -0.4 is 27.0 Å². The highest BCUT2D eigenvalue weighted by atomic mass is 79.9. The van der Waals surface area contributed by atoms with Gasteiger partial charge in [-0.3, -0.25) is 19.2 Å². The second-order valence-corrected chi connectivity index (χ2v) is 9.48. The Hall–Kier alpha value is -3.74. The fourth-order valence-electron chi connectivity index (χ4n) is 3.12. The zero-order chi connectivity index (χ0) is 26.3. The number of nitrogens with two attached hydrogens (primary N) is 1. The molecule has 13 heteroatoms. The van der Waals surface area contributed by atoms with Crippen molar-refractivity contribution >= 4 is 62.8 Å². The van der Waals surface area contributed by atoms with Gasteiger partial charge in [-0.15, -0.1) is 0 Å². The summed E-state index contributed by atoms with van der Waals surface area (Å²) in [4.78, 5) is 55.6. The number of benzene rings is 1. The Morgan fingerprint density at radius 3 is 2.67 bits per heavy atom. The van der Waals surface area contributed by atoms with Crippen molar-refractivity contribution in [3.05, 3.63) is 34.9 Å². The lowest BCUT2D eigenvalue weighted by atomic mass is 9.91. The van der Waals surface area contributed by atoms with Crippen molar-refractivity contribution in [2.24, 2.45) is 11.1 Å². The van der Waals surface area contributed by atoms with E-state index in [1.165, 1.54) is 13.8 Å². The summed E-state index contributed by atoms with van der Waals surface area (Å²) in [6, 6.07) is 6.98. The number of rotatable bonds is 11. The van der Waals surface area contributed by atoms with Gasteiger partial charge in [0.15, 0.2) is 6.10 Å². The highest BCUT2D eigenvalue weighted by molar-refractivity contribution is 9.10. The molecule has 1 atom stereocenters. The topological polar surface area (TPSA) is 177 Å². The molecule has 1 aliphatic rings. The highest BCUT2D eigenvalue weighted by Crippen LogP contribution is 2.24. The van der Waals surface area contributed by atoms with E-state index in [0.717, 1.165) is 0 Å². The standard InChI is InChI=1S/C23H28BrN7O5/c1-23(2,20(25)34)21(35)27-10-4-9-26-18-15(24)12-28-22(31-18)30-14-6-3-5-13(11-14)29-19(33)16-7-8-17(32)36-16/h3,5-6,11-12,16H,4,7-10H2,1-2H3,(H2,25,34)(H,27,35)(H,29,33)(H2,26,28,30,31)/t16-/m1/s1.